The van der Waals surface area contributed by atoms with E-state index in [0.717, 1.165) is 11.1 Å². The minimum atomic E-state index is -0.952. The van der Waals surface area contributed by atoms with E-state index in [2.05, 4.69) is 6.58 Å². The minimum Gasteiger partial charge on any atom is -0.508 e. The maximum atomic E-state index is 14.7. The van der Waals surface area contributed by atoms with Crippen molar-refractivity contribution in [3.63, 3.8) is 0 Å². The van der Waals surface area contributed by atoms with Gasteiger partial charge in [-0.05, 0) is 52.9 Å². The van der Waals surface area contributed by atoms with Crippen LogP contribution in [0.5, 0.6) is 11.5 Å². The van der Waals surface area contributed by atoms with Gasteiger partial charge < -0.3 is 9.84 Å². The first-order chi connectivity index (χ1) is 17.0. The largest absolute Gasteiger partial charge is 0.508 e. The lowest BCUT2D eigenvalue weighted by atomic mass is 10.0. The Hall–Kier alpha value is -4.25. The van der Waals surface area contributed by atoms with Crippen LogP contribution in [0.2, 0.25) is 0 Å². The summed E-state index contributed by atoms with van der Waals surface area (Å²) in [5.41, 5.74) is 3.00. The molecule has 0 radical (unpaired) electrons. The fourth-order valence-electron chi connectivity index (χ4n) is 3.58. The lowest BCUT2D eigenvalue weighted by Crippen LogP contribution is -1.97. The van der Waals surface area contributed by atoms with Gasteiger partial charge in [0, 0.05) is 11.1 Å². The zero-order valence-electron chi connectivity index (χ0n) is 18.8. The van der Waals surface area contributed by atoms with E-state index >= 15 is 0 Å². The number of halogens is 3. The first-order valence-corrected chi connectivity index (χ1v) is 11.1. The molecule has 0 fully saturated rings. The summed E-state index contributed by atoms with van der Waals surface area (Å²) in [6, 6.07) is 21.0. The number of phenols is 1. The molecule has 0 unspecified atom stereocenters. The van der Waals surface area contributed by atoms with Gasteiger partial charge in [0.15, 0.2) is 23.2 Å². The van der Waals surface area contributed by atoms with E-state index < -0.39 is 17.5 Å². The monoisotopic (exact) mass is 472 g/mol. The van der Waals surface area contributed by atoms with Crippen LogP contribution in [0.15, 0.2) is 91.5 Å². The average molecular weight is 473 g/mol. The molecule has 2 nitrogen and oxygen atoms in total. The average Bonchev–Trinajstić information content (AvgIpc) is 2.87. The number of ether oxygens (including phenoxy) is 1. The molecular weight excluding hydrogens is 449 g/mol. The third-order valence-electron chi connectivity index (χ3n) is 5.50. The summed E-state index contributed by atoms with van der Waals surface area (Å²) in [6.07, 6.45) is 5.53. The molecule has 0 aliphatic carbocycles. The van der Waals surface area contributed by atoms with Gasteiger partial charge in [-0.15, -0.1) is 6.58 Å². The molecule has 0 aliphatic heterocycles. The van der Waals surface area contributed by atoms with Crippen molar-refractivity contribution in [3.8, 4) is 33.8 Å². The molecule has 5 heteroatoms. The fourth-order valence-corrected chi connectivity index (χ4v) is 3.58. The van der Waals surface area contributed by atoms with Gasteiger partial charge in [0.1, 0.15) is 5.75 Å². The number of benzene rings is 4. The minimum absolute atomic E-state index is 0.0515. The van der Waals surface area contributed by atoms with Crippen LogP contribution in [0.1, 0.15) is 17.5 Å². The third kappa shape index (κ3) is 5.64. The number of hydrogen-bond acceptors (Lipinski definition) is 2. The van der Waals surface area contributed by atoms with Gasteiger partial charge in [-0.1, -0.05) is 72.8 Å². The molecule has 35 heavy (non-hydrogen) atoms. The number of hydrogen-bond donors (Lipinski definition) is 1. The van der Waals surface area contributed by atoms with Gasteiger partial charge in [0.2, 0.25) is 0 Å². The summed E-state index contributed by atoms with van der Waals surface area (Å²) >= 11 is 0. The summed E-state index contributed by atoms with van der Waals surface area (Å²) in [5, 5.41) is 9.39. The Morgan fingerprint density at radius 1 is 0.743 bits per heavy atom. The van der Waals surface area contributed by atoms with Crippen LogP contribution >= 0.6 is 0 Å². The van der Waals surface area contributed by atoms with E-state index in [4.69, 9.17) is 4.74 Å². The second kappa shape index (κ2) is 10.8. The van der Waals surface area contributed by atoms with Crippen LogP contribution in [0.3, 0.4) is 0 Å². The van der Waals surface area contributed by atoms with Crippen LogP contribution < -0.4 is 4.74 Å². The normalized spacial score (nSPS) is 11.1. The second-order valence-corrected chi connectivity index (χ2v) is 7.90. The molecule has 176 valence electrons. The quantitative estimate of drug-likeness (QED) is 0.159. The van der Waals surface area contributed by atoms with Crippen LogP contribution in [-0.4, -0.2) is 11.7 Å². The van der Waals surface area contributed by atoms with Gasteiger partial charge in [-0.3, -0.25) is 0 Å². The zero-order chi connectivity index (χ0) is 24.8. The van der Waals surface area contributed by atoms with E-state index in [0.29, 0.717) is 24.2 Å². The molecule has 0 aromatic heterocycles. The Balaban J connectivity index is 1.49. The Bertz CT molecular complexity index is 1360. The highest BCUT2D eigenvalue weighted by molar-refractivity contribution is 5.74. The molecule has 0 saturated carbocycles. The summed E-state index contributed by atoms with van der Waals surface area (Å²) in [4.78, 5) is 0. The van der Waals surface area contributed by atoms with Crippen LogP contribution in [0.25, 0.3) is 34.4 Å². The van der Waals surface area contributed by atoms with Gasteiger partial charge in [0.05, 0.1) is 6.61 Å². The highest BCUT2D eigenvalue weighted by Gasteiger charge is 2.13. The van der Waals surface area contributed by atoms with Crippen molar-refractivity contribution in [3.05, 3.63) is 120 Å². The van der Waals surface area contributed by atoms with Crippen molar-refractivity contribution in [2.75, 3.05) is 6.61 Å². The van der Waals surface area contributed by atoms with E-state index in [1.165, 1.54) is 48.5 Å². The fraction of sp³-hybridized carbons (Fsp3) is 0.0667. The van der Waals surface area contributed by atoms with Crippen LogP contribution in [0, 0.1) is 17.5 Å². The van der Waals surface area contributed by atoms with Crippen molar-refractivity contribution in [2.24, 2.45) is 0 Å². The zero-order valence-corrected chi connectivity index (χ0v) is 18.8. The number of aromatic hydroxyl groups is 1. The van der Waals surface area contributed by atoms with Gasteiger partial charge in [-0.2, -0.15) is 0 Å². The van der Waals surface area contributed by atoms with E-state index in [1.807, 2.05) is 24.3 Å². The first-order valence-electron chi connectivity index (χ1n) is 11.1. The molecule has 4 aromatic carbocycles. The lowest BCUT2D eigenvalue weighted by Gasteiger charge is -2.08. The Morgan fingerprint density at radius 2 is 1.43 bits per heavy atom. The summed E-state index contributed by atoms with van der Waals surface area (Å²) in [6.45, 7) is 3.98. The second-order valence-electron chi connectivity index (χ2n) is 7.90. The number of phenolic OH excluding ortho intramolecular Hbond substituents is 1. The van der Waals surface area contributed by atoms with Gasteiger partial charge in [0.25, 0.3) is 0 Å². The smallest absolute Gasteiger partial charge is 0.167 e. The Labute approximate surface area is 202 Å². The van der Waals surface area contributed by atoms with Crippen molar-refractivity contribution in [1.29, 1.82) is 0 Å². The molecule has 0 atom stereocenters. The molecule has 4 rings (SSSR count). The van der Waals surface area contributed by atoms with E-state index in [1.54, 1.807) is 24.3 Å². The first kappa shape index (κ1) is 23.9. The topological polar surface area (TPSA) is 29.5 Å². The van der Waals surface area contributed by atoms with Crippen molar-refractivity contribution >= 4 is 12.2 Å². The van der Waals surface area contributed by atoms with Crippen molar-refractivity contribution in [2.45, 2.75) is 6.42 Å². The molecule has 0 heterocycles. The number of rotatable bonds is 8. The van der Waals surface area contributed by atoms with E-state index in [-0.39, 0.29) is 22.6 Å². The van der Waals surface area contributed by atoms with Crippen LogP contribution in [0.4, 0.5) is 13.2 Å². The van der Waals surface area contributed by atoms with Gasteiger partial charge in [-0.25, -0.2) is 13.2 Å². The third-order valence-corrected chi connectivity index (χ3v) is 5.50. The SMILES string of the molecule is C=CCCOc1ccc(-c2ccc(/C=C/c3ccc(-c4ccc(O)cc4)c(F)c3F)cc2)cc1F. The highest BCUT2D eigenvalue weighted by atomic mass is 19.2. The predicted molar refractivity (Wildman–Crippen MR) is 135 cm³/mol. The summed E-state index contributed by atoms with van der Waals surface area (Å²) in [5.74, 6) is -2.10. The molecule has 0 amide bonds. The molecule has 0 aliphatic rings. The molecule has 4 aromatic rings. The molecule has 0 saturated heterocycles. The van der Waals surface area contributed by atoms with Crippen molar-refractivity contribution < 1.29 is 23.0 Å². The summed E-state index contributed by atoms with van der Waals surface area (Å²) in [7, 11) is 0. The van der Waals surface area contributed by atoms with E-state index in [9.17, 15) is 18.3 Å². The predicted octanol–water partition coefficient (Wildman–Crippen LogP) is 8.27. The maximum absolute atomic E-state index is 14.7. The molecular formula is C30H23F3O2. The summed E-state index contributed by atoms with van der Waals surface area (Å²) < 4.78 is 49.0. The molecule has 0 spiro atoms. The standard InChI is InChI=1S/C30H23F3O2/c1-2-3-18-35-28-17-13-24(19-27(28)31)21-7-4-20(5-8-21)6-9-23-12-16-26(30(33)29(23)32)22-10-14-25(34)15-11-22/h2,4-17,19,34H,1,3,18H2/b9-6+. The van der Waals surface area contributed by atoms with Crippen LogP contribution in [-0.2, 0) is 0 Å². The lowest BCUT2D eigenvalue weighted by molar-refractivity contribution is 0.308. The van der Waals surface area contributed by atoms with Gasteiger partial charge >= 0.3 is 0 Å². The van der Waals surface area contributed by atoms with Crippen molar-refractivity contribution in [1.82, 2.24) is 0 Å². The maximum Gasteiger partial charge on any atom is 0.167 e. The molecule has 0 bridgehead atoms. The highest BCUT2D eigenvalue weighted by Crippen LogP contribution is 2.29. The molecule has 1 N–H and O–H groups in total. The Morgan fingerprint density at radius 3 is 2.11 bits per heavy atom. The Kier molecular flexibility index (Phi) is 7.36.